The van der Waals surface area contributed by atoms with Gasteiger partial charge >= 0.3 is 6.18 Å². The summed E-state index contributed by atoms with van der Waals surface area (Å²) in [5.41, 5.74) is 5.44. The predicted octanol–water partition coefficient (Wildman–Crippen LogP) is 1.60. The van der Waals surface area contributed by atoms with E-state index < -0.39 is 19.0 Å². The van der Waals surface area contributed by atoms with Crippen molar-refractivity contribution in [2.75, 3.05) is 39.3 Å². The lowest BCUT2D eigenvalue weighted by Gasteiger charge is -2.22. The molecule has 1 aliphatic rings. The number of amides is 1. The Balaban J connectivity index is 2.30. The van der Waals surface area contributed by atoms with Gasteiger partial charge in [-0.25, -0.2) is 0 Å². The molecule has 0 atom stereocenters. The second-order valence-corrected chi connectivity index (χ2v) is 5.19. The molecule has 0 spiro atoms. The number of hydrogen-bond acceptors (Lipinski definition) is 3. The maximum Gasteiger partial charge on any atom is 0.389 e. The summed E-state index contributed by atoms with van der Waals surface area (Å²) in [4.78, 5) is 15.6. The quantitative estimate of drug-likeness (QED) is 0.757. The van der Waals surface area contributed by atoms with Crippen LogP contribution in [-0.2, 0) is 4.79 Å². The van der Waals surface area contributed by atoms with Gasteiger partial charge in [0.2, 0.25) is 5.91 Å². The zero-order valence-electron chi connectivity index (χ0n) is 11.8. The van der Waals surface area contributed by atoms with Gasteiger partial charge in [-0.15, -0.1) is 0 Å². The van der Waals surface area contributed by atoms with Crippen LogP contribution in [0.4, 0.5) is 13.2 Å². The van der Waals surface area contributed by atoms with Crippen LogP contribution in [0.15, 0.2) is 0 Å². The molecule has 118 valence electrons. The number of carbonyl (C=O) groups is 1. The molecule has 0 aromatic heterocycles. The fraction of sp³-hybridized carbons (Fsp3) is 0.923. The van der Waals surface area contributed by atoms with Gasteiger partial charge in [0.05, 0.1) is 6.42 Å². The molecule has 0 unspecified atom stereocenters. The molecule has 0 radical (unpaired) electrons. The first-order chi connectivity index (χ1) is 9.42. The van der Waals surface area contributed by atoms with Crippen LogP contribution in [-0.4, -0.2) is 61.2 Å². The Morgan fingerprint density at radius 3 is 2.50 bits per heavy atom. The van der Waals surface area contributed by atoms with Crippen LogP contribution in [0.25, 0.3) is 0 Å². The average Bonchev–Trinajstić information content (AvgIpc) is 2.61. The molecule has 20 heavy (non-hydrogen) atoms. The Bertz CT molecular complexity index is 297. The van der Waals surface area contributed by atoms with E-state index in [1.54, 1.807) is 4.90 Å². The van der Waals surface area contributed by atoms with E-state index in [1.807, 2.05) is 0 Å². The number of carbonyl (C=O) groups excluding carboxylic acids is 1. The van der Waals surface area contributed by atoms with Crippen LogP contribution in [0.1, 0.15) is 32.1 Å². The van der Waals surface area contributed by atoms with E-state index in [4.69, 9.17) is 5.73 Å². The Morgan fingerprint density at radius 2 is 1.85 bits per heavy atom. The van der Waals surface area contributed by atoms with Gasteiger partial charge in [0, 0.05) is 26.1 Å². The molecule has 4 nitrogen and oxygen atoms in total. The molecule has 1 saturated heterocycles. The first kappa shape index (κ1) is 17.2. The van der Waals surface area contributed by atoms with E-state index >= 15 is 0 Å². The van der Waals surface area contributed by atoms with Gasteiger partial charge < -0.3 is 15.5 Å². The topological polar surface area (TPSA) is 49.6 Å². The van der Waals surface area contributed by atoms with Gasteiger partial charge in [-0.3, -0.25) is 4.79 Å². The molecule has 1 rings (SSSR count). The van der Waals surface area contributed by atoms with Crippen molar-refractivity contribution in [2.45, 2.75) is 38.3 Å². The van der Waals surface area contributed by atoms with Crippen molar-refractivity contribution in [1.82, 2.24) is 9.80 Å². The Labute approximate surface area is 118 Å². The number of nitrogens with two attached hydrogens (primary N) is 1. The maximum atomic E-state index is 12.1. The Hall–Kier alpha value is -0.820. The van der Waals surface area contributed by atoms with Crippen LogP contribution in [0.5, 0.6) is 0 Å². The van der Waals surface area contributed by atoms with Crippen molar-refractivity contribution in [3.8, 4) is 0 Å². The zero-order chi connectivity index (χ0) is 15.0. The summed E-state index contributed by atoms with van der Waals surface area (Å²) in [5, 5.41) is 0. The fourth-order valence-electron chi connectivity index (χ4n) is 2.33. The summed E-state index contributed by atoms with van der Waals surface area (Å²) in [6, 6.07) is 0. The highest BCUT2D eigenvalue weighted by Crippen LogP contribution is 2.22. The van der Waals surface area contributed by atoms with Gasteiger partial charge in [0.1, 0.15) is 0 Å². The molecular weight excluding hydrogens is 271 g/mol. The third-order valence-electron chi connectivity index (χ3n) is 3.49. The lowest BCUT2D eigenvalue weighted by atomic mass is 10.2. The van der Waals surface area contributed by atoms with Crippen LogP contribution in [0.3, 0.4) is 0 Å². The summed E-state index contributed by atoms with van der Waals surface area (Å²) in [5.74, 6) is -0.383. The Morgan fingerprint density at radius 1 is 1.10 bits per heavy atom. The highest BCUT2D eigenvalue weighted by atomic mass is 19.4. The third kappa shape index (κ3) is 7.09. The summed E-state index contributed by atoms with van der Waals surface area (Å²) in [6.07, 6.45) is -2.89. The maximum absolute atomic E-state index is 12.1. The smallest absolute Gasteiger partial charge is 0.341 e. The van der Waals surface area contributed by atoms with Crippen molar-refractivity contribution in [3.05, 3.63) is 0 Å². The number of halogens is 3. The third-order valence-corrected chi connectivity index (χ3v) is 3.49. The molecule has 1 fully saturated rings. The molecule has 0 aliphatic carbocycles. The first-order valence-electron chi connectivity index (χ1n) is 7.19. The van der Waals surface area contributed by atoms with E-state index in [0.717, 1.165) is 38.9 Å². The normalized spacial score (nSPS) is 18.1. The number of alkyl halides is 3. The predicted molar refractivity (Wildman–Crippen MR) is 71.2 cm³/mol. The van der Waals surface area contributed by atoms with Crippen molar-refractivity contribution in [2.24, 2.45) is 5.73 Å². The highest BCUT2D eigenvalue weighted by Gasteiger charge is 2.29. The lowest BCUT2D eigenvalue weighted by molar-refractivity contribution is -0.149. The monoisotopic (exact) mass is 295 g/mol. The number of rotatable bonds is 6. The summed E-state index contributed by atoms with van der Waals surface area (Å²) in [6.45, 7) is 4.34. The molecule has 1 heterocycles. The van der Waals surface area contributed by atoms with E-state index in [2.05, 4.69) is 4.90 Å². The molecule has 0 bridgehead atoms. The highest BCUT2D eigenvalue weighted by molar-refractivity contribution is 5.76. The molecule has 0 saturated carbocycles. The summed E-state index contributed by atoms with van der Waals surface area (Å²) >= 11 is 0. The summed E-state index contributed by atoms with van der Waals surface area (Å²) in [7, 11) is 0. The van der Waals surface area contributed by atoms with Crippen LogP contribution < -0.4 is 5.73 Å². The van der Waals surface area contributed by atoms with Gasteiger partial charge in [0.25, 0.3) is 0 Å². The minimum Gasteiger partial charge on any atom is -0.341 e. The van der Waals surface area contributed by atoms with E-state index in [-0.39, 0.29) is 5.91 Å². The summed E-state index contributed by atoms with van der Waals surface area (Å²) < 4.78 is 36.3. The fourth-order valence-corrected chi connectivity index (χ4v) is 2.33. The molecule has 0 aromatic carbocycles. The van der Waals surface area contributed by atoms with Crippen molar-refractivity contribution < 1.29 is 18.0 Å². The largest absolute Gasteiger partial charge is 0.389 e. The first-order valence-corrected chi connectivity index (χ1v) is 7.19. The molecule has 7 heteroatoms. The second-order valence-electron chi connectivity index (χ2n) is 5.19. The van der Waals surface area contributed by atoms with Crippen molar-refractivity contribution >= 4 is 5.91 Å². The van der Waals surface area contributed by atoms with Crippen LogP contribution >= 0.6 is 0 Å². The second kappa shape index (κ2) is 8.46. The van der Waals surface area contributed by atoms with Crippen molar-refractivity contribution in [3.63, 3.8) is 0 Å². The Kier molecular flexibility index (Phi) is 7.29. The van der Waals surface area contributed by atoms with Gasteiger partial charge in [0.15, 0.2) is 0 Å². The standard InChI is InChI=1S/C13H24F3N3O/c14-13(15,16)5-4-12(20)19-9-3-8-18(10-11-19)7-2-1-6-17/h1-11,17H2. The van der Waals surface area contributed by atoms with E-state index in [0.29, 0.717) is 19.6 Å². The van der Waals surface area contributed by atoms with Crippen LogP contribution in [0, 0.1) is 0 Å². The number of nitrogens with zero attached hydrogens (tertiary/aromatic N) is 2. The molecule has 0 aromatic rings. The molecule has 1 aliphatic heterocycles. The van der Waals surface area contributed by atoms with Crippen LogP contribution in [0.2, 0.25) is 0 Å². The zero-order valence-corrected chi connectivity index (χ0v) is 11.8. The molecular formula is C13H24F3N3O. The minimum absolute atomic E-state index is 0.383. The molecule has 2 N–H and O–H groups in total. The van der Waals surface area contributed by atoms with Gasteiger partial charge in [-0.1, -0.05) is 0 Å². The average molecular weight is 295 g/mol. The van der Waals surface area contributed by atoms with E-state index in [9.17, 15) is 18.0 Å². The SMILES string of the molecule is NCCCCN1CCCN(C(=O)CCC(F)(F)F)CC1. The number of unbranched alkanes of at least 4 members (excludes halogenated alkanes) is 1. The van der Waals surface area contributed by atoms with Gasteiger partial charge in [-0.05, 0) is 38.9 Å². The number of hydrogen-bond donors (Lipinski definition) is 1. The minimum atomic E-state index is -4.25. The molecule has 1 amide bonds. The van der Waals surface area contributed by atoms with E-state index in [1.165, 1.54) is 0 Å². The lowest BCUT2D eigenvalue weighted by Crippen LogP contribution is -2.35. The van der Waals surface area contributed by atoms with Crippen molar-refractivity contribution in [1.29, 1.82) is 0 Å². The van der Waals surface area contributed by atoms with Gasteiger partial charge in [-0.2, -0.15) is 13.2 Å².